The van der Waals surface area contributed by atoms with E-state index >= 15 is 0 Å². The SMILES string of the molecule is CC(=O)C(C)C(=O)Nc1nc(C)cs1. The van der Waals surface area contributed by atoms with Crippen molar-refractivity contribution in [1.29, 1.82) is 0 Å². The quantitative estimate of drug-likeness (QED) is 0.774. The summed E-state index contributed by atoms with van der Waals surface area (Å²) in [5.41, 5.74) is 0.862. The topological polar surface area (TPSA) is 59.1 Å². The van der Waals surface area contributed by atoms with Gasteiger partial charge in [-0.3, -0.25) is 9.59 Å². The number of hydrogen-bond donors (Lipinski definition) is 1. The Morgan fingerprint density at radius 3 is 2.64 bits per heavy atom. The maximum absolute atomic E-state index is 11.4. The van der Waals surface area contributed by atoms with Crippen LogP contribution in [-0.4, -0.2) is 16.7 Å². The Kier molecular flexibility index (Phi) is 3.35. The molecule has 76 valence electrons. The first-order valence-corrected chi connectivity index (χ1v) is 5.12. The summed E-state index contributed by atoms with van der Waals surface area (Å²) >= 11 is 1.35. The predicted octanol–water partition coefficient (Wildman–Crippen LogP) is 1.62. The molecule has 1 N–H and O–H groups in total. The molecule has 0 bridgehead atoms. The predicted molar refractivity (Wildman–Crippen MR) is 55.3 cm³/mol. The molecule has 0 aliphatic rings. The van der Waals surface area contributed by atoms with E-state index < -0.39 is 5.92 Å². The van der Waals surface area contributed by atoms with E-state index in [9.17, 15) is 9.59 Å². The average Bonchev–Trinajstić information content (AvgIpc) is 2.49. The number of carbonyl (C=O) groups is 2. The van der Waals surface area contributed by atoms with Crippen molar-refractivity contribution in [3.63, 3.8) is 0 Å². The van der Waals surface area contributed by atoms with E-state index in [4.69, 9.17) is 0 Å². The van der Waals surface area contributed by atoms with Gasteiger partial charge in [0.15, 0.2) is 5.13 Å². The average molecular weight is 212 g/mol. The molecule has 1 unspecified atom stereocenters. The molecule has 0 spiro atoms. The second-order valence-electron chi connectivity index (χ2n) is 3.12. The lowest BCUT2D eigenvalue weighted by atomic mass is 10.1. The minimum Gasteiger partial charge on any atom is -0.301 e. The zero-order valence-electron chi connectivity index (χ0n) is 8.33. The molecule has 4 nitrogen and oxygen atoms in total. The lowest BCUT2D eigenvalue weighted by Crippen LogP contribution is -2.25. The Morgan fingerprint density at radius 2 is 2.21 bits per heavy atom. The van der Waals surface area contributed by atoms with Gasteiger partial charge in [-0.2, -0.15) is 0 Å². The second-order valence-corrected chi connectivity index (χ2v) is 3.97. The maximum atomic E-state index is 11.4. The van der Waals surface area contributed by atoms with Crippen LogP contribution in [0.25, 0.3) is 0 Å². The van der Waals surface area contributed by atoms with Crippen molar-refractivity contribution in [2.45, 2.75) is 20.8 Å². The number of anilines is 1. The second kappa shape index (κ2) is 4.32. The molecule has 1 atom stereocenters. The van der Waals surface area contributed by atoms with E-state index in [0.717, 1.165) is 5.69 Å². The van der Waals surface area contributed by atoms with E-state index in [0.29, 0.717) is 5.13 Å². The summed E-state index contributed by atoms with van der Waals surface area (Å²) in [5.74, 6) is -1.05. The number of aromatic nitrogens is 1. The highest BCUT2D eigenvalue weighted by molar-refractivity contribution is 7.13. The highest BCUT2D eigenvalue weighted by Gasteiger charge is 2.18. The third kappa shape index (κ3) is 2.63. The molecule has 1 rings (SSSR count). The van der Waals surface area contributed by atoms with Gasteiger partial charge in [0.1, 0.15) is 5.78 Å². The Hall–Kier alpha value is -1.23. The van der Waals surface area contributed by atoms with E-state index in [-0.39, 0.29) is 11.7 Å². The monoisotopic (exact) mass is 212 g/mol. The molecule has 0 saturated carbocycles. The van der Waals surface area contributed by atoms with Gasteiger partial charge in [-0.1, -0.05) is 0 Å². The molecular weight excluding hydrogens is 200 g/mol. The molecule has 0 aromatic carbocycles. The van der Waals surface area contributed by atoms with Crippen molar-refractivity contribution < 1.29 is 9.59 Å². The third-order valence-corrected chi connectivity index (χ3v) is 2.73. The summed E-state index contributed by atoms with van der Waals surface area (Å²) in [7, 11) is 0. The van der Waals surface area contributed by atoms with Crippen molar-refractivity contribution in [3.8, 4) is 0 Å². The Labute approximate surface area is 86.4 Å². The van der Waals surface area contributed by atoms with Gasteiger partial charge in [0.05, 0.1) is 11.6 Å². The number of amides is 1. The van der Waals surface area contributed by atoms with E-state index in [1.165, 1.54) is 18.3 Å². The van der Waals surface area contributed by atoms with Crippen LogP contribution < -0.4 is 5.32 Å². The first kappa shape index (κ1) is 10.8. The van der Waals surface area contributed by atoms with Gasteiger partial charge in [0.25, 0.3) is 0 Å². The summed E-state index contributed by atoms with van der Waals surface area (Å²) in [4.78, 5) is 26.4. The molecule has 0 aliphatic heterocycles. The Morgan fingerprint density at radius 1 is 1.57 bits per heavy atom. The lowest BCUT2D eigenvalue weighted by molar-refractivity contribution is -0.129. The van der Waals surface area contributed by atoms with Gasteiger partial charge in [0.2, 0.25) is 5.91 Å². The number of Topliss-reactive ketones (excluding diaryl/α,β-unsaturated/α-hetero) is 1. The third-order valence-electron chi connectivity index (χ3n) is 1.85. The fourth-order valence-electron chi connectivity index (χ4n) is 0.810. The van der Waals surface area contributed by atoms with Gasteiger partial charge in [-0.25, -0.2) is 4.98 Å². The molecule has 1 aromatic heterocycles. The van der Waals surface area contributed by atoms with E-state index in [2.05, 4.69) is 10.3 Å². The van der Waals surface area contributed by atoms with Gasteiger partial charge in [-0.05, 0) is 20.8 Å². The molecule has 1 heterocycles. The van der Waals surface area contributed by atoms with Crippen LogP contribution in [0, 0.1) is 12.8 Å². The molecule has 0 fully saturated rings. The summed E-state index contributed by atoms with van der Waals surface area (Å²) < 4.78 is 0. The highest BCUT2D eigenvalue weighted by Crippen LogP contribution is 2.15. The van der Waals surface area contributed by atoms with Crippen molar-refractivity contribution in [3.05, 3.63) is 11.1 Å². The largest absolute Gasteiger partial charge is 0.301 e. The number of ketones is 1. The summed E-state index contributed by atoms with van der Waals surface area (Å²) in [6.07, 6.45) is 0. The van der Waals surface area contributed by atoms with E-state index in [1.807, 2.05) is 12.3 Å². The van der Waals surface area contributed by atoms with E-state index in [1.54, 1.807) is 6.92 Å². The summed E-state index contributed by atoms with van der Waals surface area (Å²) in [6.45, 7) is 4.83. The minimum atomic E-state index is -0.612. The number of thiazole rings is 1. The van der Waals surface area contributed by atoms with Gasteiger partial charge < -0.3 is 5.32 Å². The lowest BCUT2D eigenvalue weighted by Gasteiger charge is -2.05. The zero-order valence-corrected chi connectivity index (χ0v) is 9.14. The van der Waals surface area contributed by atoms with Crippen molar-refractivity contribution in [2.75, 3.05) is 5.32 Å². The van der Waals surface area contributed by atoms with Crippen molar-refractivity contribution in [1.82, 2.24) is 4.98 Å². The van der Waals surface area contributed by atoms with Crippen LogP contribution >= 0.6 is 11.3 Å². The number of carbonyl (C=O) groups excluding carboxylic acids is 2. The maximum Gasteiger partial charge on any atom is 0.236 e. The molecule has 0 saturated heterocycles. The number of nitrogens with one attached hydrogen (secondary N) is 1. The van der Waals surface area contributed by atoms with Crippen LogP contribution in [0.15, 0.2) is 5.38 Å². The van der Waals surface area contributed by atoms with Crippen LogP contribution in [0.5, 0.6) is 0 Å². The van der Waals surface area contributed by atoms with Gasteiger partial charge >= 0.3 is 0 Å². The molecule has 0 radical (unpaired) electrons. The highest BCUT2D eigenvalue weighted by atomic mass is 32.1. The first-order chi connectivity index (χ1) is 6.50. The van der Waals surface area contributed by atoms with Crippen LogP contribution in [0.1, 0.15) is 19.5 Å². The fraction of sp³-hybridized carbons (Fsp3) is 0.444. The molecular formula is C9H12N2O2S. The van der Waals surface area contributed by atoms with Crippen molar-refractivity contribution >= 4 is 28.2 Å². The van der Waals surface area contributed by atoms with Gasteiger partial charge in [0, 0.05) is 5.38 Å². The first-order valence-electron chi connectivity index (χ1n) is 4.24. The minimum absolute atomic E-state index is 0.143. The number of nitrogens with zero attached hydrogens (tertiary/aromatic N) is 1. The number of aryl methyl sites for hydroxylation is 1. The fourth-order valence-corrected chi connectivity index (χ4v) is 1.50. The standard InChI is InChI=1S/C9H12N2O2S/c1-5-4-14-9(10-5)11-8(13)6(2)7(3)12/h4,6H,1-3H3,(H,10,11,13). The number of rotatable bonds is 3. The van der Waals surface area contributed by atoms with Crippen molar-refractivity contribution in [2.24, 2.45) is 5.92 Å². The van der Waals surface area contributed by atoms with Crippen LogP contribution in [0.4, 0.5) is 5.13 Å². The molecule has 14 heavy (non-hydrogen) atoms. The Balaban J connectivity index is 2.61. The normalized spacial score (nSPS) is 12.2. The van der Waals surface area contributed by atoms with Crippen LogP contribution in [0.2, 0.25) is 0 Å². The van der Waals surface area contributed by atoms with Crippen LogP contribution in [0.3, 0.4) is 0 Å². The smallest absolute Gasteiger partial charge is 0.236 e. The molecule has 1 amide bonds. The van der Waals surface area contributed by atoms with Gasteiger partial charge in [-0.15, -0.1) is 11.3 Å². The summed E-state index contributed by atoms with van der Waals surface area (Å²) in [5, 5.41) is 4.98. The Bertz CT molecular complexity index is 359. The number of hydrogen-bond acceptors (Lipinski definition) is 4. The van der Waals surface area contributed by atoms with Crippen LogP contribution in [-0.2, 0) is 9.59 Å². The molecule has 0 aliphatic carbocycles. The molecule has 1 aromatic rings. The molecule has 5 heteroatoms. The summed E-state index contributed by atoms with van der Waals surface area (Å²) in [6, 6.07) is 0. The zero-order chi connectivity index (χ0) is 10.7.